The number of fused-ring (bicyclic) bond motifs is 1. The maximum Gasteiger partial charge on any atom is 0.417 e. The van der Waals surface area contributed by atoms with Crippen LogP contribution in [0, 0.1) is 0 Å². The van der Waals surface area contributed by atoms with E-state index in [0.29, 0.717) is 37.2 Å². The molecule has 0 bridgehead atoms. The minimum atomic E-state index is -4.55. The number of amides is 1. The second kappa shape index (κ2) is 8.20. The summed E-state index contributed by atoms with van der Waals surface area (Å²) in [6.07, 6.45) is -3.19. The molecule has 9 heteroatoms. The van der Waals surface area contributed by atoms with Crippen molar-refractivity contribution < 1.29 is 18.0 Å². The predicted octanol–water partition coefficient (Wildman–Crippen LogP) is 4.82. The molecule has 0 aliphatic carbocycles. The highest BCUT2D eigenvalue weighted by atomic mass is 19.4. The molecule has 1 atom stereocenters. The van der Waals surface area contributed by atoms with Crippen LogP contribution in [0.5, 0.6) is 0 Å². The smallest absolute Gasteiger partial charge is 0.366 e. The predicted molar refractivity (Wildman–Crippen MR) is 112 cm³/mol. The van der Waals surface area contributed by atoms with Gasteiger partial charge in [-0.05, 0) is 44.9 Å². The van der Waals surface area contributed by atoms with Gasteiger partial charge in [0.2, 0.25) is 0 Å². The lowest BCUT2D eigenvalue weighted by molar-refractivity contribution is -0.136. The van der Waals surface area contributed by atoms with Crippen LogP contribution < -0.4 is 5.32 Å². The minimum absolute atomic E-state index is 0.0574. The second-order valence-corrected chi connectivity index (χ2v) is 8.14. The zero-order valence-electron chi connectivity index (χ0n) is 17.3. The Labute approximate surface area is 177 Å². The Morgan fingerprint density at radius 2 is 2.00 bits per heavy atom. The van der Waals surface area contributed by atoms with E-state index in [-0.39, 0.29) is 34.7 Å². The highest BCUT2D eigenvalue weighted by Gasteiger charge is 2.37. The van der Waals surface area contributed by atoms with Gasteiger partial charge < -0.3 is 10.2 Å². The van der Waals surface area contributed by atoms with Crippen molar-refractivity contribution in [2.24, 2.45) is 0 Å². The summed E-state index contributed by atoms with van der Waals surface area (Å²) in [7, 11) is 0. The molecule has 1 fully saturated rings. The average molecular weight is 431 g/mol. The Morgan fingerprint density at radius 1 is 1.26 bits per heavy atom. The summed E-state index contributed by atoms with van der Waals surface area (Å²) in [5.41, 5.74) is 0.223. The van der Waals surface area contributed by atoms with Crippen molar-refractivity contribution in [2.75, 3.05) is 18.4 Å². The zero-order chi connectivity index (χ0) is 22.2. The number of carbonyl (C=O) groups is 1. The van der Waals surface area contributed by atoms with E-state index >= 15 is 0 Å². The van der Waals surface area contributed by atoms with Gasteiger partial charge in [-0.15, -0.1) is 0 Å². The van der Waals surface area contributed by atoms with Gasteiger partial charge in [-0.25, -0.2) is 4.98 Å². The van der Waals surface area contributed by atoms with Gasteiger partial charge in [0.1, 0.15) is 0 Å². The highest BCUT2D eigenvalue weighted by Crippen LogP contribution is 2.39. The topological polar surface area (TPSA) is 73.9 Å². The summed E-state index contributed by atoms with van der Waals surface area (Å²) in [5, 5.41) is 9.54. The van der Waals surface area contributed by atoms with Crippen LogP contribution in [0.15, 0.2) is 36.4 Å². The number of halogens is 3. The third kappa shape index (κ3) is 4.35. The van der Waals surface area contributed by atoms with Crippen LogP contribution in [-0.2, 0) is 6.18 Å². The fourth-order valence-corrected chi connectivity index (χ4v) is 4.03. The number of H-pyrrole nitrogens is 1. The number of nitrogens with zero attached hydrogens (tertiary/aromatic N) is 3. The fourth-order valence-electron chi connectivity index (χ4n) is 4.03. The normalized spacial score (nSPS) is 17.4. The Morgan fingerprint density at radius 3 is 2.68 bits per heavy atom. The SMILES string of the molecule is CC(C)Nc1n[nH]c2nc([C@@H]3CCCN(C(=O)c4ccccc4)C3)cc(C(F)(F)F)c12. The number of alkyl halides is 3. The summed E-state index contributed by atoms with van der Waals surface area (Å²) in [4.78, 5) is 19.0. The number of anilines is 1. The first-order valence-corrected chi connectivity index (χ1v) is 10.3. The number of carbonyl (C=O) groups excluding carboxylic acids is 1. The van der Waals surface area contributed by atoms with Crippen LogP contribution in [-0.4, -0.2) is 45.1 Å². The van der Waals surface area contributed by atoms with Gasteiger partial charge in [-0.1, -0.05) is 18.2 Å². The number of pyridine rings is 1. The molecule has 6 nitrogen and oxygen atoms in total. The van der Waals surface area contributed by atoms with E-state index in [4.69, 9.17) is 0 Å². The first kappa shape index (κ1) is 21.1. The number of nitrogens with one attached hydrogen (secondary N) is 2. The maximum absolute atomic E-state index is 13.9. The lowest BCUT2D eigenvalue weighted by Crippen LogP contribution is -2.39. The summed E-state index contributed by atoms with van der Waals surface area (Å²) >= 11 is 0. The Balaban J connectivity index is 1.68. The molecule has 0 radical (unpaired) electrons. The third-order valence-electron chi connectivity index (χ3n) is 5.43. The number of rotatable bonds is 4. The molecule has 1 saturated heterocycles. The molecule has 2 aromatic heterocycles. The molecule has 3 aromatic rings. The molecule has 0 spiro atoms. The van der Waals surface area contributed by atoms with Crippen LogP contribution >= 0.6 is 0 Å². The zero-order valence-corrected chi connectivity index (χ0v) is 17.3. The van der Waals surface area contributed by atoms with Crippen molar-refractivity contribution >= 4 is 22.8 Å². The number of hydrogen-bond donors (Lipinski definition) is 2. The van der Waals surface area contributed by atoms with Crippen molar-refractivity contribution in [3.05, 3.63) is 53.2 Å². The van der Waals surface area contributed by atoms with Gasteiger partial charge in [0.25, 0.3) is 5.91 Å². The first-order chi connectivity index (χ1) is 14.7. The van der Waals surface area contributed by atoms with Crippen molar-refractivity contribution in [3.63, 3.8) is 0 Å². The van der Waals surface area contributed by atoms with Gasteiger partial charge in [0.15, 0.2) is 11.5 Å². The molecule has 1 aliphatic heterocycles. The quantitative estimate of drug-likeness (QED) is 0.621. The van der Waals surface area contributed by atoms with E-state index in [1.165, 1.54) is 0 Å². The summed E-state index contributed by atoms with van der Waals surface area (Å²) < 4.78 is 41.8. The van der Waals surface area contributed by atoms with E-state index in [1.54, 1.807) is 29.2 Å². The summed E-state index contributed by atoms with van der Waals surface area (Å²) in [6, 6.07) is 9.94. The van der Waals surface area contributed by atoms with Gasteiger partial charge >= 0.3 is 6.18 Å². The van der Waals surface area contributed by atoms with Crippen LogP contribution in [0.4, 0.5) is 19.0 Å². The number of aromatic amines is 1. The number of likely N-dealkylation sites (tertiary alicyclic amines) is 1. The third-order valence-corrected chi connectivity index (χ3v) is 5.43. The van der Waals surface area contributed by atoms with Crippen molar-refractivity contribution in [1.29, 1.82) is 0 Å². The molecule has 1 amide bonds. The number of piperidine rings is 1. The molecule has 0 unspecified atom stereocenters. The second-order valence-electron chi connectivity index (χ2n) is 8.14. The van der Waals surface area contributed by atoms with Crippen molar-refractivity contribution in [3.8, 4) is 0 Å². The molecule has 164 valence electrons. The number of hydrogen-bond acceptors (Lipinski definition) is 4. The van der Waals surface area contributed by atoms with Crippen LogP contribution in [0.25, 0.3) is 11.0 Å². The molecule has 1 aliphatic rings. The molecule has 3 heterocycles. The standard InChI is InChI=1S/C22H24F3N5O/c1-13(2)26-19-18-16(22(23,24)25)11-17(27-20(18)29-28-19)15-9-6-10-30(12-15)21(31)14-7-4-3-5-8-14/h3-5,7-8,11,13,15H,6,9-10,12H2,1-2H3,(H2,26,27,28,29)/t15-/m1/s1. The molecular formula is C22H24F3N5O. The van der Waals surface area contributed by atoms with Gasteiger partial charge in [-0.3, -0.25) is 9.89 Å². The summed E-state index contributed by atoms with van der Waals surface area (Å²) in [6.45, 7) is 4.56. The van der Waals surface area contributed by atoms with E-state index in [9.17, 15) is 18.0 Å². The Kier molecular flexibility index (Phi) is 5.60. The fraction of sp³-hybridized carbons (Fsp3) is 0.409. The number of benzene rings is 1. The number of aromatic nitrogens is 3. The van der Waals surface area contributed by atoms with Gasteiger partial charge in [-0.2, -0.15) is 18.3 Å². The highest BCUT2D eigenvalue weighted by molar-refractivity contribution is 5.94. The van der Waals surface area contributed by atoms with E-state index in [0.717, 1.165) is 6.07 Å². The molecule has 2 N–H and O–H groups in total. The van der Waals surface area contributed by atoms with E-state index in [2.05, 4.69) is 20.5 Å². The lowest BCUT2D eigenvalue weighted by atomic mass is 9.92. The maximum atomic E-state index is 13.9. The largest absolute Gasteiger partial charge is 0.417 e. The van der Waals surface area contributed by atoms with Crippen molar-refractivity contribution in [1.82, 2.24) is 20.1 Å². The monoisotopic (exact) mass is 431 g/mol. The minimum Gasteiger partial charge on any atom is -0.366 e. The average Bonchev–Trinajstić information content (AvgIpc) is 3.14. The molecule has 0 saturated carbocycles. The molecule has 4 rings (SSSR count). The van der Waals surface area contributed by atoms with Crippen LogP contribution in [0.2, 0.25) is 0 Å². The van der Waals surface area contributed by atoms with Crippen LogP contribution in [0.3, 0.4) is 0 Å². The molecule has 1 aromatic carbocycles. The molecular weight excluding hydrogens is 407 g/mol. The Bertz CT molecular complexity index is 1080. The van der Waals surface area contributed by atoms with Gasteiger partial charge in [0.05, 0.1) is 10.9 Å². The first-order valence-electron chi connectivity index (χ1n) is 10.3. The lowest BCUT2D eigenvalue weighted by Gasteiger charge is -2.33. The van der Waals surface area contributed by atoms with Crippen LogP contribution in [0.1, 0.15) is 54.2 Å². The van der Waals surface area contributed by atoms with Crippen molar-refractivity contribution in [2.45, 2.75) is 44.8 Å². The van der Waals surface area contributed by atoms with E-state index < -0.39 is 11.7 Å². The van der Waals surface area contributed by atoms with Gasteiger partial charge in [0, 0.05) is 36.3 Å². The molecule has 31 heavy (non-hydrogen) atoms. The summed E-state index contributed by atoms with van der Waals surface area (Å²) in [5.74, 6) is -0.259. The Hall–Kier alpha value is -3.10. The van der Waals surface area contributed by atoms with E-state index in [1.807, 2.05) is 19.9 Å².